The Kier molecular flexibility index (Phi) is 5.08. The summed E-state index contributed by atoms with van der Waals surface area (Å²) in [5, 5.41) is 9.97. The van der Waals surface area contributed by atoms with Gasteiger partial charge in [-0.05, 0) is 43.5 Å². The topological polar surface area (TPSA) is 59.3 Å². The number of hydrogen-bond acceptors (Lipinski definition) is 3. The van der Waals surface area contributed by atoms with Crippen LogP contribution in [0.5, 0.6) is 0 Å². The summed E-state index contributed by atoms with van der Waals surface area (Å²) in [6.45, 7) is 1.90. The molecule has 1 unspecified atom stereocenters. The van der Waals surface area contributed by atoms with Crippen molar-refractivity contribution in [3.05, 3.63) is 53.9 Å². The monoisotopic (exact) mass is 327 g/mol. The van der Waals surface area contributed by atoms with Crippen LogP contribution >= 0.6 is 11.6 Å². The first kappa shape index (κ1) is 16.1. The maximum absolute atomic E-state index is 12.5. The lowest BCUT2D eigenvalue weighted by molar-refractivity contribution is 0.167. The lowest BCUT2D eigenvalue weighted by Gasteiger charge is -2.08. The van der Waals surface area contributed by atoms with E-state index in [9.17, 15) is 13.5 Å². The molecule has 0 fully saturated rings. The van der Waals surface area contributed by atoms with Crippen molar-refractivity contribution in [3.8, 4) is 0 Å². The standard InChI is InChI=1S/C15H18ClNO3S/c1-12-4-6-14(7-5-12)21(19,20)17-10-8-13(11-17)15(18)3-2-9-16/h4-8,10-11,15,18H,2-3,9H2,1H3. The molecule has 0 aliphatic carbocycles. The predicted molar refractivity (Wildman–Crippen MR) is 83.1 cm³/mol. The van der Waals surface area contributed by atoms with Crippen LogP contribution < -0.4 is 0 Å². The van der Waals surface area contributed by atoms with E-state index in [2.05, 4.69) is 0 Å². The number of halogens is 1. The molecular formula is C15H18ClNO3S. The molecule has 2 aromatic rings. The molecule has 4 nitrogen and oxygen atoms in total. The molecule has 21 heavy (non-hydrogen) atoms. The van der Waals surface area contributed by atoms with E-state index in [0.29, 0.717) is 24.3 Å². The van der Waals surface area contributed by atoms with Crippen LogP contribution in [0, 0.1) is 6.92 Å². The quantitative estimate of drug-likeness (QED) is 0.829. The van der Waals surface area contributed by atoms with Gasteiger partial charge in [-0.1, -0.05) is 17.7 Å². The fourth-order valence-corrected chi connectivity index (χ4v) is 3.37. The second-order valence-corrected chi connectivity index (χ2v) is 7.16. The van der Waals surface area contributed by atoms with Gasteiger partial charge in [-0.3, -0.25) is 0 Å². The van der Waals surface area contributed by atoms with Crippen LogP contribution in [0.2, 0.25) is 0 Å². The number of nitrogens with zero attached hydrogens (tertiary/aromatic N) is 1. The fraction of sp³-hybridized carbons (Fsp3) is 0.333. The second kappa shape index (κ2) is 6.64. The Labute approximate surface area is 130 Å². The third kappa shape index (κ3) is 3.67. The summed E-state index contributed by atoms with van der Waals surface area (Å²) in [5.41, 5.74) is 1.58. The van der Waals surface area contributed by atoms with Crippen molar-refractivity contribution >= 4 is 21.6 Å². The van der Waals surface area contributed by atoms with Gasteiger partial charge < -0.3 is 5.11 Å². The smallest absolute Gasteiger partial charge is 0.267 e. The summed E-state index contributed by atoms with van der Waals surface area (Å²) in [6.07, 6.45) is 3.40. The summed E-state index contributed by atoms with van der Waals surface area (Å²) >= 11 is 5.59. The first-order valence-electron chi connectivity index (χ1n) is 6.69. The third-order valence-corrected chi connectivity index (χ3v) is 5.20. The van der Waals surface area contributed by atoms with Gasteiger partial charge in [0.1, 0.15) is 0 Å². The number of aryl methyl sites for hydroxylation is 1. The van der Waals surface area contributed by atoms with Gasteiger partial charge in [-0.25, -0.2) is 12.4 Å². The van der Waals surface area contributed by atoms with Crippen LogP contribution in [0.4, 0.5) is 0 Å². The largest absolute Gasteiger partial charge is 0.388 e. The zero-order valence-electron chi connectivity index (χ0n) is 11.7. The Hall–Kier alpha value is -1.30. The van der Waals surface area contributed by atoms with Crippen LogP contribution in [-0.2, 0) is 10.0 Å². The van der Waals surface area contributed by atoms with E-state index < -0.39 is 16.1 Å². The lowest BCUT2D eigenvalue weighted by atomic mass is 10.1. The molecule has 0 radical (unpaired) electrons. The Morgan fingerprint density at radius 2 is 1.90 bits per heavy atom. The average Bonchev–Trinajstić information content (AvgIpc) is 2.96. The van der Waals surface area contributed by atoms with Crippen molar-refractivity contribution in [2.24, 2.45) is 0 Å². The molecule has 0 aliphatic heterocycles. The first-order chi connectivity index (χ1) is 9.95. The number of benzene rings is 1. The Morgan fingerprint density at radius 3 is 2.52 bits per heavy atom. The van der Waals surface area contributed by atoms with Crippen LogP contribution in [0.3, 0.4) is 0 Å². The molecule has 0 saturated heterocycles. The molecule has 0 saturated carbocycles. The average molecular weight is 328 g/mol. The summed E-state index contributed by atoms with van der Waals surface area (Å²) in [7, 11) is -3.61. The summed E-state index contributed by atoms with van der Waals surface area (Å²) < 4.78 is 26.0. The number of aromatic nitrogens is 1. The van der Waals surface area contributed by atoms with Crippen LogP contribution in [-0.4, -0.2) is 23.4 Å². The molecular weight excluding hydrogens is 310 g/mol. The van der Waals surface area contributed by atoms with Gasteiger partial charge in [-0.2, -0.15) is 0 Å². The van der Waals surface area contributed by atoms with Gasteiger partial charge in [0, 0.05) is 18.3 Å². The number of aliphatic hydroxyl groups is 1. The summed E-state index contributed by atoms with van der Waals surface area (Å²) in [6, 6.07) is 8.28. The third-order valence-electron chi connectivity index (χ3n) is 3.28. The zero-order chi connectivity index (χ0) is 15.5. The Bertz CT molecular complexity index is 692. The minimum atomic E-state index is -3.61. The van der Waals surface area contributed by atoms with Crippen molar-refractivity contribution in [2.75, 3.05) is 5.88 Å². The fourth-order valence-electron chi connectivity index (χ4n) is 2.01. The van der Waals surface area contributed by atoms with Crippen molar-refractivity contribution in [1.29, 1.82) is 0 Å². The van der Waals surface area contributed by atoms with Crippen molar-refractivity contribution in [3.63, 3.8) is 0 Å². The van der Waals surface area contributed by atoms with E-state index >= 15 is 0 Å². The van der Waals surface area contributed by atoms with Crippen molar-refractivity contribution in [1.82, 2.24) is 3.97 Å². The number of aliphatic hydroxyl groups excluding tert-OH is 1. The molecule has 1 aromatic heterocycles. The van der Waals surface area contributed by atoms with E-state index in [1.165, 1.54) is 12.4 Å². The van der Waals surface area contributed by atoms with Gasteiger partial charge >= 0.3 is 0 Å². The molecule has 1 N–H and O–H groups in total. The van der Waals surface area contributed by atoms with E-state index in [1.807, 2.05) is 6.92 Å². The molecule has 114 valence electrons. The highest BCUT2D eigenvalue weighted by atomic mass is 35.5. The SMILES string of the molecule is Cc1ccc(S(=O)(=O)n2ccc(C(O)CCCCl)c2)cc1. The van der Waals surface area contributed by atoms with Gasteiger partial charge in [0.15, 0.2) is 0 Å². The molecule has 1 aromatic carbocycles. The van der Waals surface area contributed by atoms with Crippen LogP contribution in [0.25, 0.3) is 0 Å². The second-order valence-electron chi connectivity index (χ2n) is 4.94. The predicted octanol–water partition coefficient (Wildman–Crippen LogP) is 3.09. The number of rotatable bonds is 6. The molecule has 6 heteroatoms. The van der Waals surface area contributed by atoms with Crippen molar-refractivity contribution < 1.29 is 13.5 Å². The molecule has 1 atom stereocenters. The minimum Gasteiger partial charge on any atom is -0.388 e. The highest BCUT2D eigenvalue weighted by Crippen LogP contribution is 2.22. The maximum Gasteiger partial charge on any atom is 0.267 e. The summed E-state index contributed by atoms with van der Waals surface area (Å²) in [4.78, 5) is 0.227. The van der Waals surface area contributed by atoms with Gasteiger partial charge in [0.05, 0.1) is 11.0 Å². The highest BCUT2D eigenvalue weighted by Gasteiger charge is 2.18. The lowest BCUT2D eigenvalue weighted by Crippen LogP contribution is -2.11. The normalized spacial score (nSPS) is 13.3. The van der Waals surface area contributed by atoms with E-state index in [-0.39, 0.29) is 4.90 Å². The molecule has 0 amide bonds. The van der Waals surface area contributed by atoms with E-state index in [1.54, 1.807) is 30.3 Å². The molecule has 1 heterocycles. The first-order valence-corrected chi connectivity index (χ1v) is 8.67. The molecule has 0 bridgehead atoms. The highest BCUT2D eigenvalue weighted by molar-refractivity contribution is 7.90. The Morgan fingerprint density at radius 1 is 1.24 bits per heavy atom. The van der Waals surface area contributed by atoms with Crippen LogP contribution in [0.1, 0.15) is 30.1 Å². The number of alkyl halides is 1. The molecule has 0 spiro atoms. The number of hydrogen-bond donors (Lipinski definition) is 1. The zero-order valence-corrected chi connectivity index (χ0v) is 13.3. The summed E-state index contributed by atoms with van der Waals surface area (Å²) in [5.74, 6) is 0.472. The Balaban J connectivity index is 2.25. The molecule has 2 rings (SSSR count). The van der Waals surface area contributed by atoms with Gasteiger partial charge in [0.25, 0.3) is 10.0 Å². The minimum absolute atomic E-state index is 0.227. The van der Waals surface area contributed by atoms with Gasteiger partial charge in [-0.15, -0.1) is 11.6 Å². The van der Waals surface area contributed by atoms with Crippen LogP contribution in [0.15, 0.2) is 47.6 Å². The molecule has 0 aliphatic rings. The van der Waals surface area contributed by atoms with Crippen molar-refractivity contribution in [2.45, 2.75) is 30.8 Å². The van der Waals surface area contributed by atoms with E-state index in [4.69, 9.17) is 11.6 Å². The van der Waals surface area contributed by atoms with Gasteiger partial charge in [0.2, 0.25) is 0 Å². The maximum atomic E-state index is 12.5. The van der Waals surface area contributed by atoms with E-state index in [0.717, 1.165) is 9.54 Å².